The molecule has 1 rings (SSSR count). The van der Waals surface area contributed by atoms with Gasteiger partial charge in [0.2, 0.25) is 0 Å². The van der Waals surface area contributed by atoms with E-state index >= 15 is 0 Å². The van der Waals surface area contributed by atoms with Crippen LogP contribution >= 0.6 is 7.75 Å². The molecular weight excluding hydrogens is 197 g/mol. The summed E-state index contributed by atoms with van der Waals surface area (Å²) in [5, 5.41) is 2.46. The number of carbonyl (C=O) groups is 1. The Kier molecular flexibility index (Phi) is 3.44. The monoisotopic (exact) mass is 209 g/mol. The molecule has 0 aromatic heterocycles. The lowest BCUT2D eigenvalue weighted by Crippen LogP contribution is -2.32. The number of hydrogen-bond donors (Lipinski definition) is 1. The third kappa shape index (κ3) is 2.51. The Morgan fingerprint density at radius 3 is 3.00 bits per heavy atom. The SMILES string of the molecule is CCOP1(=O)N[C@H](C(=O)OC)CO1. The first-order chi connectivity index (χ1) is 6.11. The van der Waals surface area contributed by atoms with Crippen LogP contribution in [0, 0.1) is 0 Å². The maximum absolute atomic E-state index is 11.5. The van der Waals surface area contributed by atoms with Gasteiger partial charge in [0.15, 0.2) is 0 Å². The molecule has 0 radical (unpaired) electrons. The van der Waals surface area contributed by atoms with Gasteiger partial charge < -0.3 is 4.74 Å². The molecule has 2 atom stereocenters. The number of esters is 1. The molecule has 76 valence electrons. The predicted octanol–water partition coefficient (Wildman–Crippen LogP) is 0.292. The van der Waals surface area contributed by atoms with Crippen LogP contribution in [0.4, 0.5) is 0 Å². The maximum atomic E-state index is 11.5. The fourth-order valence-electron chi connectivity index (χ4n) is 0.946. The lowest BCUT2D eigenvalue weighted by Gasteiger charge is -2.09. The van der Waals surface area contributed by atoms with Crippen LogP contribution in [-0.2, 0) is 23.1 Å². The highest BCUT2D eigenvalue weighted by molar-refractivity contribution is 7.52. The summed E-state index contributed by atoms with van der Waals surface area (Å²) in [5.74, 6) is -0.502. The predicted molar refractivity (Wildman–Crippen MR) is 44.1 cm³/mol. The van der Waals surface area contributed by atoms with Gasteiger partial charge in [-0.3, -0.25) is 13.8 Å². The molecule has 0 saturated carbocycles. The zero-order valence-electron chi connectivity index (χ0n) is 7.48. The van der Waals surface area contributed by atoms with E-state index in [1.54, 1.807) is 6.92 Å². The molecule has 7 heteroatoms. The second kappa shape index (κ2) is 4.19. The maximum Gasteiger partial charge on any atom is 0.406 e. The average Bonchev–Trinajstić information content (AvgIpc) is 2.47. The molecule has 1 saturated heterocycles. The fraction of sp³-hybridized carbons (Fsp3) is 0.833. The van der Waals surface area contributed by atoms with Crippen LogP contribution in [0.5, 0.6) is 0 Å². The van der Waals surface area contributed by atoms with Gasteiger partial charge in [-0.1, -0.05) is 0 Å². The first kappa shape index (κ1) is 10.7. The zero-order chi connectivity index (χ0) is 9.90. The summed E-state index contributed by atoms with van der Waals surface area (Å²) >= 11 is 0. The summed E-state index contributed by atoms with van der Waals surface area (Å²) in [6, 6.07) is -0.692. The number of rotatable bonds is 3. The third-order valence-corrected chi connectivity index (χ3v) is 3.22. The molecule has 0 aromatic carbocycles. The Morgan fingerprint density at radius 2 is 2.46 bits per heavy atom. The van der Waals surface area contributed by atoms with E-state index in [0.717, 1.165) is 0 Å². The Balaban J connectivity index is 2.53. The van der Waals surface area contributed by atoms with Crippen LogP contribution in [0.1, 0.15) is 6.92 Å². The van der Waals surface area contributed by atoms with Crippen LogP contribution in [-0.4, -0.2) is 32.3 Å². The summed E-state index contributed by atoms with van der Waals surface area (Å²) in [5.41, 5.74) is 0. The summed E-state index contributed by atoms with van der Waals surface area (Å²) < 4.78 is 25.6. The molecule has 13 heavy (non-hydrogen) atoms. The molecular formula is C6H12NO5P. The molecule has 0 spiro atoms. The minimum atomic E-state index is -3.24. The van der Waals surface area contributed by atoms with Gasteiger partial charge in [-0.15, -0.1) is 0 Å². The number of nitrogens with one attached hydrogen (secondary N) is 1. The molecule has 0 amide bonds. The standard InChI is InChI=1S/C6H12NO5P/c1-3-11-13(9)7-5(4-12-13)6(8)10-2/h5H,3-4H2,1-2H3,(H,7,9)/t5-,13?/m0/s1. The van der Waals surface area contributed by atoms with Crippen molar-refractivity contribution in [1.82, 2.24) is 5.09 Å². The van der Waals surface area contributed by atoms with Crippen molar-refractivity contribution in [1.29, 1.82) is 0 Å². The Hall–Kier alpha value is -0.420. The van der Waals surface area contributed by atoms with Crippen LogP contribution < -0.4 is 5.09 Å². The van der Waals surface area contributed by atoms with Gasteiger partial charge in [0.25, 0.3) is 0 Å². The van der Waals surface area contributed by atoms with Gasteiger partial charge in [-0.05, 0) is 6.92 Å². The third-order valence-electron chi connectivity index (χ3n) is 1.51. The average molecular weight is 209 g/mol. The van der Waals surface area contributed by atoms with Crippen molar-refractivity contribution in [2.45, 2.75) is 13.0 Å². The lowest BCUT2D eigenvalue weighted by atomic mass is 10.3. The van der Waals surface area contributed by atoms with Crippen molar-refractivity contribution in [3.05, 3.63) is 0 Å². The number of carbonyl (C=O) groups excluding carboxylic acids is 1. The Bertz CT molecular complexity index is 243. The summed E-state index contributed by atoms with van der Waals surface area (Å²) in [4.78, 5) is 11.0. The van der Waals surface area contributed by atoms with Crippen LogP contribution in [0.25, 0.3) is 0 Å². The highest BCUT2D eigenvalue weighted by Gasteiger charge is 2.40. The summed E-state index contributed by atoms with van der Waals surface area (Å²) in [6.07, 6.45) is 0. The molecule has 1 unspecified atom stereocenters. The molecule has 0 bridgehead atoms. The van der Waals surface area contributed by atoms with Crippen molar-refractivity contribution in [3.8, 4) is 0 Å². The van der Waals surface area contributed by atoms with Gasteiger partial charge in [0.05, 0.1) is 20.3 Å². The van der Waals surface area contributed by atoms with E-state index in [1.165, 1.54) is 7.11 Å². The van der Waals surface area contributed by atoms with Crippen molar-refractivity contribution < 1.29 is 23.1 Å². The molecule has 1 heterocycles. The first-order valence-electron chi connectivity index (χ1n) is 3.86. The summed E-state index contributed by atoms with van der Waals surface area (Å²) in [6.45, 7) is 1.97. The Morgan fingerprint density at radius 1 is 1.77 bits per heavy atom. The van der Waals surface area contributed by atoms with E-state index in [4.69, 9.17) is 9.05 Å². The molecule has 1 fully saturated rings. The van der Waals surface area contributed by atoms with Gasteiger partial charge in [0, 0.05) is 0 Å². The van der Waals surface area contributed by atoms with Crippen molar-refractivity contribution in [2.24, 2.45) is 0 Å². The molecule has 1 aliphatic heterocycles. The van der Waals surface area contributed by atoms with E-state index in [9.17, 15) is 9.36 Å². The van der Waals surface area contributed by atoms with Crippen molar-refractivity contribution in [3.63, 3.8) is 0 Å². The largest absolute Gasteiger partial charge is 0.468 e. The smallest absolute Gasteiger partial charge is 0.406 e. The van der Waals surface area contributed by atoms with Gasteiger partial charge >= 0.3 is 13.7 Å². The van der Waals surface area contributed by atoms with Gasteiger partial charge in [-0.25, -0.2) is 9.65 Å². The zero-order valence-corrected chi connectivity index (χ0v) is 8.37. The van der Waals surface area contributed by atoms with E-state index < -0.39 is 19.8 Å². The highest BCUT2D eigenvalue weighted by Crippen LogP contribution is 2.48. The minimum Gasteiger partial charge on any atom is -0.468 e. The molecule has 0 aliphatic carbocycles. The minimum absolute atomic E-state index is 0.0178. The lowest BCUT2D eigenvalue weighted by molar-refractivity contribution is -0.142. The normalized spacial score (nSPS) is 33.2. The van der Waals surface area contributed by atoms with Crippen LogP contribution in [0.3, 0.4) is 0 Å². The second-order valence-electron chi connectivity index (χ2n) is 2.42. The van der Waals surface area contributed by atoms with Gasteiger partial charge in [-0.2, -0.15) is 0 Å². The number of ether oxygens (including phenoxy) is 1. The first-order valence-corrected chi connectivity index (χ1v) is 5.40. The van der Waals surface area contributed by atoms with E-state index in [0.29, 0.717) is 0 Å². The van der Waals surface area contributed by atoms with Crippen molar-refractivity contribution in [2.75, 3.05) is 20.3 Å². The van der Waals surface area contributed by atoms with Crippen LogP contribution in [0.2, 0.25) is 0 Å². The highest BCUT2D eigenvalue weighted by atomic mass is 31.2. The topological polar surface area (TPSA) is 73.9 Å². The van der Waals surface area contributed by atoms with E-state index in [-0.39, 0.29) is 13.2 Å². The van der Waals surface area contributed by atoms with Crippen LogP contribution in [0.15, 0.2) is 0 Å². The molecule has 1 N–H and O–H groups in total. The quantitative estimate of drug-likeness (QED) is 0.532. The summed E-state index contributed by atoms with van der Waals surface area (Å²) in [7, 11) is -1.99. The van der Waals surface area contributed by atoms with Crippen molar-refractivity contribution >= 4 is 13.7 Å². The molecule has 6 nitrogen and oxygen atoms in total. The Labute approximate surface area is 76.1 Å². The van der Waals surface area contributed by atoms with E-state index in [2.05, 4.69) is 9.82 Å². The number of methoxy groups -OCH3 is 1. The number of hydrogen-bond acceptors (Lipinski definition) is 5. The van der Waals surface area contributed by atoms with E-state index in [1.807, 2.05) is 0 Å². The molecule has 0 aromatic rings. The second-order valence-corrected chi connectivity index (χ2v) is 4.19. The fourth-order valence-corrected chi connectivity index (χ4v) is 2.42. The van der Waals surface area contributed by atoms with Gasteiger partial charge in [0.1, 0.15) is 6.04 Å². The molecule has 1 aliphatic rings.